The van der Waals surface area contributed by atoms with Gasteiger partial charge in [0.25, 0.3) is 0 Å². The molecule has 0 radical (unpaired) electrons. The minimum atomic E-state index is -0.162. The fourth-order valence-electron chi connectivity index (χ4n) is 24.5. The Morgan fingerprint density at radius 3 is 1.20 bits per heavy atom. The first-order chi connectivity index (χ1) is 72.8. The summed E-state index contributed by atoms with van der Waals surface area (Å²) in [5.74, 6) is 5.49. The molecule has 13 heteroatoms. The van der Waals surface area contributed by atoms with E-state index in [2.05, 4.69) is 371 Å². The average Bonchev–Trinajstić information content (AvgIpc) is 1.54. The maximum Gasteiger partial charge on any atom is 0.182 e. The smallest absolute Gasteiger partial charge is 0.182 e. The highest BCUT2D eigenvalue weighted by Gasteiger charge is 2.49. The van der Waals surface area contributed by atoms with Crippen LogP contribution in [0.1, 0.15) is 133 Å². The summed E-state index contributed by atoms with van der Waals surface area (Å²) in [6, 6.07) is 139. The normalized spacial score (nSPS) is 15.2. The van der Waals surface area contributed by atoms with Crippen molar-refractivity contribution in [3.8, 4) is 158 Å². The lowest BCUT2D eigenvalue weighted by Gasteiger charge is -2.41. The third-order valence-corrected chi connectivity index (χ3v) is 33.0. The van der Waals surface area contributed by atoms with E-state index in [1.807, 2.05) is 97.1 Å². The Morgan fingerprint density at radius 2 is 0.617 bits per heavy atom. The van der Waals surface area contributed by atoms with Crippen LogP contribution >= 0.6 is 0 Å². The Bertz CT molecular complexity index is 9730. The molecule has 25 aromatic rings. The highest BCUT2D eigenvalue weighted by Crippen LogP contribution is 2.61. The van der Waals surface area contributed by atoms with Crippen molar-refractivity contribution in [3.05, 3.63) is 445 Å². The van der Waals surface area contributed by atoms with Crippen LogP contribution in [0.4, 0.5) is 0 Å². The second-order valence-corrected chi connectivity index (χ2v) is 42.0. The molecule has 7 aromatic heterocycles. The van der Waals surface area contributed by atoms with Crippen molar-refractivity contribution in [1.82, 2.24) is 49.8 Å². The molecular formula is C136H102N10O3. The molecule has 18 aromatic carbocycles. The van der Waals surface area contributed by atoms with Gasteiger partial charge in [-0.3, -0.25) is 4.98 Å². The minimum absolute atomic E-state index is 0.00517. The molecule has 149 heavy (non-hydrogen) atoms. The molecule has 0 saturated carbocycles. The molecule has 29 rings (SSSR count). The Balaban J connectivity index is 0.000000110. The third-order valence-electron chi connectivity index (χ3n) is 33.0. The van der Waals surface area contributed by atoms with Gasteiger partial charge in [-0.25, -0.2) is 44.9 Å². The largest absolute Gasteiger partial charge is 0.456 e. The Hall–Kier alpha value is -17.9. The lowest BCUT2D eigenvalue weighted by atomic mass is 9.62. The first-order valence-electron chi connectivity index (χ1n) is 51.7. The molecule has 0 fully saturated rings. The third kappa shape index (κ3) is 14.3. The van der Waals surface area contributed by atoms with Crippen LogP contribution in [0.3, 0.4) is 0 Å². The zero-order valence-corrected chi connectivity index (χ0v) is 84.4. The molecule has 2 unspecified atom stereocenters. The number of para-hydroxylation sites is 2. The summed E-state index contributed by atoms with van der Waals surface area (Å²) in [7, 11) is 0. The summed E-state index contributed by atoms with van der Waals surface area (Å²) >= 11 is 0. The van der Waals surface area contributed by atoms with Crippen LogP contribution in [-0.2, 0) is 21.7 Å². The molecule has 0 saturated heterocycles. The van der Waals surface area contributed by atoms with Crippen LogP contribution in [-0.4, -0.2) is 49.8 Å². The van der Waals surface area contributed by atoms with Crippen molar-refractivity contribution < 1.29 is 13.3 Å². The second kappa shape index (κ2) is 34.6. The Morgan fingerprint density at radius 1 is 0.221 bits per heavy atom. The SMILES string of the molecule is CC(C)(C)C1(C)c2ccccc2-c2cc3oc4c(-c5nc(-c6ccccc6)nc(-c6cc7ccccc7c7ccccc67)n5)cccc4c3cc21.CCC1(C)c2ccccc2-c2cc3oc4ccc(-c5ccc(-c6nc(-c7ccccc7)nc(-c7ccccc7)n6)cc5)cc4c3cc21.CCC1(CC)c2ccccc2-c2cc3oc4c(-c5nc(-c6ccc7c(c6)C(C)(C)c6ccccc6-7)nc(-c6ccccn6)n5)cccc4c3cc21. The molecule has 0 spiro atoms. The van der Waals surface area contributed by atoms with Gasteiger partial charge in [0.2, 0.25) is 0 Å². The number of hydrogen-bond acceptors (Lipinski definition) is 13. The van der Waals surface area contributed by atoms with E-state index in [-0.39, 0.29) is 27.1 Å². The molecule has 7 heterocycles. The minimum Gasteiger partial charge on any atom is -0.456 e. The highest BCUT2D eigenvalue weighted by molar-refractivity contribution is 6.16. The Labute approximate surface area is 863 Å². The van der Waals surface area contributed by atoms with Gasteiger partial charge in [0, 0.05) is 93.6 Å². The number of rotatable bonds is 13. The lowest BCUT2D eigenvalue weighted by Crippen LogP contribution is -2.36. The van der Waals surface area contributed by atoms with Crippen LogP contribution < -0.4 is 0 Å². The van der Waals surface area contributed by atoms with E-state index in [1.54, 1.807) is 6.20 Å². The second-order valence-electron chi connectivity index (χ2n) is 42.0. The van der Waals surface area contributed by atoms with Crippen molar-refractivity contribution in [2.24, 2.45) is 5.41 Å². The zero-order valence-electron chi connectivity index (χ0n) is 84.4. The van der Waals surface area contributed by atoms with Gasteiger partial charge in [-0.1, -0.05) is 379 Å². The standard InChI is InChI=1S/C47H35N3O.C46H36N4O.C43H31N3O/c1-46(2,3)47(4)39-24-13-12-21-33(39)36-27-41-37(26-40(36)47)34-22-14-23-35(42(34)51-41)44-48-43(28-15-6-5-7-16-28)49-45(50-44)38-25-29-17-8-9-18-30(29)31-19-10-11-20-32(31)38;1-5-46(6-2)36-19-10-8-15-29(36)33-26-40-34(25-38(33)46)31-16-13-17-32(41(31)51-40)43-48-42(49-44(50-43)39-20-11-12-23-47-39)27-21-22-30-28-14-7-9-18-35(28)45(3,4)37(30)24-27;1-3-43(2)36-17-11-10-16-32(36)33-26-39-35(25-37(33)43)34-24-31(22-23-38(34)47-39)27-18-20-30(21-19-27)42-45-40(28-12-6-4-7-13-28)44-41(46-42)29-14-8-5-9-15-29/h5-27H,1-4H3;7-26H,5-6H2,1-4H3;4-26H,3H2,1-2H3. The van der Waals surface area contributed by atoms with Crippen LogP contribution in [0.25, 0.3) is 246 Å². The van der Waals surface area contributed by atoms with Crippen LogP contribution in [0.2, 0.25) is 0 Å². The van der Waals surface area contributed by atoms with Crippen LogP contribution in [0, 0.1) is 5.41 Å². The number of pyridine rings is 1. The maximum absolute atomic E-state index is 6.85. The molecule has 0 amide bonds. The summed E-state index contributed by atoms with van der Waals surface area (Å²) in [6.07, 6.45) is 4.89. The van der Waals surface area contributed by atoms with E-state index >= 15 is 0 Å². The molecule has 13 nitrogen and oxygen atoms in total. The molecule has 0 aliphatic heterocycles. The van der Waals surface area contributed by atoms with E-state index < -0.39 is 0 Å². The van der Waals surface area contributed by atoms with Gasteiger partial charge in [0.1, 0.15) is 39.2 Å². The van der Waals surface area contributed by atoms with Gasteiger partial charge in [-0.2, -0.15) is 0 Å². The lowest BCUT2D eigenvalue weighted by molar-refractivity contribution is 0.255. The molecular weight excluding hydrogens is 1820 g/mol. The topological polar surface area (TPSA) is 168 Å². The van der Waals surface area contributed by atoms with Gasteiger partial charge in [0.05, 0.1) is 11.1 Å². The molecule has 4 aliphatic rings. The molecule has 0 bridgehead atoms. The van der Waals surface area contributed by atoms with Gasteiger partial charge in [-0.05, 0) is 231 Å². The van der Waals surface area contributed by atoms with Gasteiger partial charge >= 0.3 is 0 Å². The summed E-state index contributed by atoms with van der Waals surface area (Å²) in [5.41, 5.74) is 36.3. The van der Waals surface area contributed by atoms with Crippen molar-refractivity contribution in [2.75, 3.05) is 0 Å². The summed E-state index contributed by atoms with van der Waals surface area (Å²) in [5, 5.41) is 11.3. The van der Waals surface area contributed by atoms with Gasteiger partial charge < -0.3 is 13.3 Å². The fraction of sp³-hybridized carbons (Fsp3) is 0.132. The monoisotopic (exact) mass is 1920 g/mol. The average molecular weight is 1920 g/mol. The van der Waals surface area contributed by atoms with E-state index in [4.69, 9.17) is 58.1 Å². The summed E-state index contributed by atoms with van der Waals surface area (Å²) in [4.78, 5) is 50.0. The van der Waals surface area contributed by atoms with E-state index in [1.165, 1.54) is 99.8 Å². The molecule has 4 aliphatic carbocycles. The zero-order chi connectivity index (χ0) is 101. The van der Waals surface area contributed by atoms with Crippen molar-refractivity contribution in [2.45, 2.75) is 110 Å². The van der Waals surface area contributed by atoms with Crippen LogP contribution in [0.5, 0.6) is 0 Å². The number of aromatic nitrogens is 10. The first-order valence-corrected chi connectivity index (χ1v) is 51.7. The van der Waals surface area contributed by atoms with E-state index in [0.29, 0.717) is 58.1 Å². The Kier molecular flexibility index (Phi) is 20.9. The van der Waals surface area contributed by atoms with Crippen molar-refractivity contribution in [3.63, 3.8) is 0 Å². The quantitative estimate of drug-likeness (QED) is 0.100. The van der Waals surface area contributed by atoms with Crippen LogP contribution in [0.15, 0.2) is 414 Å². The number of fused-ring (bicyclic) bond motifs is 24. The summed E-state index contributed by atoms with van der Waals surface area (Å²) in [6.45, 7) is 23.3. The van der Waals surface area contributed by atoms with Gasteiger partial charge in [0.15, 0.2) is 52.4 Å². The molecule has 714 valence electrons. The number of nitrogens with zero attached hydrogens (tertiary/aromatic N) is 10. The summed E-state index contributed by atoms with van der Waals surface area (Å²) < 4.78 is 20.1. The predicted octanol–water partition coefficient (Wildman–Crippen LogP) is 35.1. The number of furan rings is 3. The first kappa shape index (κ1) is 89.9. The predicted molar refractivity (Wildman–Crippen MR) is 606 cm³/mol. The highest BCUT2D eigenvalue weighted by atomic mass is 16.3. The molecule has 2 atom stereocenters. The fourth-order valence-corrected chi connectivity index (χ4v) is 24.5. The van der Waals surface area contributed by atoms with Crippen molar-refractivity contribution >= 4 is 87.4 Å². The van der Waals surface area contributed by atoms with E-state index in [9.17, 15) is 0 Å². The van der Waals surface area contributed by atoms with Gasteiger partial charge in [-0.15, -0.1) is 0 Å². The van der Waals surface area contributed by atoms with E-state index in [0.717, 1.165) is 151 Å². The maximum atomic E-state index is 6.85. The number of hydrogen-bond donors (Lipinski definition) is 0. The number of benzene rings is 18. The van der Waals surface area contributed by atoms with Crippen molar-refractivity contribution in [1.29, 1.82) is 0 Å². The molecule has 0 N–H and O–H groups in total.